The molecule has 1 unspecified atom stereocenters. The Balaban J connectivity index is 1.56. The second-order valence-electron chi connectivity index (χ2n) is 8.80. The van der Waals surface area contributed by atoms with Crippen LogP contribution in [0.1, 0.15) is 23.8 Å². The van der Waals surface area contributed by atoms with Gasteiger partial charge in [0.1, 0.15) is 17.0 Å². The minimum atomic E-state index is -3.91. The van der Waals surface area contributed by atoms with Crippen molar-refractivity contribution in [2.75, 3.05) is 0 Å². The van der Waals surface area contributed by atoms with Crippen molar-refractivity contribution in [1.82, 2.24) is 19.8 Å². The Bertz CT molecular complexity index is 1630. The number of nitrogens with zero attached hydrogens (tertiary/aromatic N) is 4. The quantitative estimate of drug-likeness (QED) is 0.197. The lowest BCUT2D eigenvalue weighted by atomic mass is 10.1. The van der Waals surface area contributed by atoms with Crippen molar-refractivity contribution >= 4 is 26.8 Å². The molecule has 38 heavy (non-hydrogen) atoms. The lowest BCUT2D eigenvalue weighted by Gasteiger charge is -2.22. The van der Waals surface area contributed by atoms with Gasteiger partial charge < -0.3 is 4.74 Å². The Labute approximate surface area is 221 Å². The molecule has 1 N–H and O–H groups in total. The Morgan fingerprint density at radius 2 is 1.55 bits per heavy atom. The molecule has 0 amide bonds. The third-order valence-corrected chi connectivity index (χ3v) is 7.25. The lowest BCUT2D eigenvalue weighted by Crippen LogP contribution is -2.30. The van der Waals surface area contributed by atoms with Crippen molar-refractivity contribution in [3.05, 3.63) is 120 Å². The van der Waals surface area contributed by atoms with Crippen LogP contribution >= 0.6 is 0 Å². The zero-order chi connectivity index (χ0) is 26.4. The molecule has 0 bridgehead atoms. The molecule has 0 saturated heterocycles. The summed E-state index contributed by atoms with van der Waals surface area (Å²) < 4.78 is 34.2. The van der Waals surface area contributed by atoms with Crippen LogP contribution in [0.15, 0.2) is 119 Å². The maximum absolute atomic E-state index is 13.1. The van der Waals surface area contributed by atoms with Gasteiger partial charge in [-0.15, -0.1) is 5.10 Å². The normalized spacial score (nSPS) is 12.8. The number of para-hydroxylation sites is 2. The second kappa shape index (κ2) is 11.3. The van der Waals surface area contributed by atoms with Crippen LogP contribution in [0, 0.1) is 6.92 Å². The van der Waals surface area contributed by atoms with Crippen LogP contribution < -0.4 is 9.57 Å². The fourth-order valence-corrected chi connectivity index (χ4v) is 4.83. The summed E-state index contributed by atoms with van der Waals surface area (Å²) in [4.78, 5) is 2.55. The highest BCUT2D eigenvalue weighted by molar-refractivity contribution is 7.89. The number of nitrogens with one attached hydrogen (secondary N) is 1. The molecule has 8 nitrogen and oxygen atoms in total. The van der Waals surface area contributed by atoms with Gasteiger partial charge in [0, 0.05) is 0 Å². The number of rotatable bonds is 10. The molecule has 1 atom stereocenters. The van der Waals surface area contributed by atoms with Crippen LogP contribution in [0.2, 0.25) is 0 Å². The van der Waals surface area contributed by atoms with Gasteiger partial charge in [-0.05, 0) is 61.7 Å². The lowest BCUT2D eigenvalue weighted by molar-refractivity contribution is 0.185. The summed E-state index contributed by atoms with van der Waals surface area (Å²) in [6.45, 7) is 1.90. The second-order valence-corrected chi connectivity index (χ2v) is 10.5. The van der Waals surface area contributed by atoms with E-state index in [0.717, 1.165) is 16.6 Å². The van der Waals surface area contributed by atoms with Crippen molar-refractivity contribution in [2.24, 2.45) is 5.10 Å². The van der Waals surface area contributed by atoms with Crippen molar-refractivity contribution in [2.45, 2.75) is 30.9 Å². The molecular formula is C29H27N5O3S. The number of hydrogen-bond donors (Lipinski definition) is 1. The van der Waals surface area contributed by atoms with E-state index in [-0.39, 0.29) is 4.90 Å². The number of hydrogen-bond acceptors (Lipinski definition) is 6. The Hall–Kier alpha value is -4.50. The summed E-state index contributed by atoms with van der Waals surface area (Å²) in [5, 5.41) is 13.1. The number of aromatic nitrogens is 3. The number of fused-ring (bicyclic) bond motifs is 1. The van der Waals surface area contributed by atoms with E-state index in [0.29, 0.717) is 29.8 Å². The van der Waals surface area contributed by atoms with Crippen molar-refractivity contribution in [1.29, 1.82) is 0 Å². The standard InChI is InChI=1S/C29H27N5O3S/c1-22-16-19-25(20-17-22)38(35,36)33-31-27(21-18-23-10-4-2-5-11-23)29(37-24-12-6-3-7-13-24)34-28-15-9-8-14-26(28)30-32-34/h2-17,19-20,29,33H,18,21H2,1H3/b31-27+. The van der Waals surface area contributed by atoms with E-state index in [1.54, 1.807) is 28.9 Å². The fourth-order valence-electron chi connectivity index (χ4n) is 3.99. The fraction of sp³-hybridized carbons (Fsp3) is 0.138. The predicted octanol–water partition coefficient (Wildman–Crippen LogP) is 5.28. The van der Waals surface area contributed by atoms with E-state index in [1.165, 1.54) is 0 Å². The predicted molar refractivity (Wildman–Crippen MR) is 147 cm³/mol. The molecule has 0 aliphatic carbocycles. The van der Waals surface area contributed by atoms with E-state index in [9.17, 15) is 8.42 Å². The van der Waals surface area contributed by atoms with Gasteiger partial charge in [-0.1, -0.05) is 83.6 Å². The van der Waals surface area contributed by atoms with Gasteiger partial charge in [0.15, 0.2) is 0 Å². The van der Waals surface area contributed by atoms with Crippen molar-refractivity contribution in [3.63, 3.8) is 0 Å². The molecule has 0 aliphatic rings. The molecule has 0 fully saturated rings. The van der Waals surface area contributed by atoms with E-state index in [2.05, 4.69) is 20.2 Å². The van der Waals surface area contributed by atoms with Crippen molar-refractivity contribution < 1.29 is 13.2 Å². The molecule has 0 spiro atoms. The average molecular weight is 526 g/mol. The van der Waals surface area contributed by atoms with Crippen LogP contribution in [0.4, 0.5) is 0 Å². The SMILES string of the molecule is Cc1ccc(S(=O)(=O)N/N=C(\CCc2ccccc2)C(Oc2ccccc2)n2nnc3ccccc32)cc1. The van der Waals surface area contributed by atoms with Gasteiger partial charge in [0.05, 0.1) is 10.4 Å². The third-order valence-electron chi connectivity index (χ3n) is 6.03. The molecule has 5 aromatic rings. The summed E-state index contributed by atoms with van der Waals surface area (Å²) >= 11 is 0. The number of hydrazone groups is 1. The van der Waals surface area contributed by atoms with Crippen LogP contribution in [-0.4, -0.2) is 29.1 Å². The summed E-state index contributed by atoms with van der Waals surface area (Å²) in [5.74, 6) is 0.589. The first-order valence-electron chi connectivity index (χ1n) is 12.2. The van der Waals surface area contributed by atoms with Crippen molar-refractivity contribution in [3.8, 4) is 5.75 Å². The largest absolute Gasteiger partial charge is 0.463 e. The summed E-state index contributed by atoms with van der Waals surface area (Å²) in [7, 11) is -3.91. The molecular weight excluding hydrogens is 498 g/mol. The first-order valence-corrected chi connectivity index (χ1v) is 13.7. The minimum absolute atomic E-state index is 0.126. The van der Waals surface area contributed by atoms with Gasteiger partial charge in [-0.25, -0.2) is 0 Å². The maximum atomic E-state index is 13.1. The first kappa shape index (κ1) is 25.2. The number of aryl methyl sites for hydroxylation is 2. The zero-order valence-electron chi connectivity index (χ0n) is 20.8. The molecule has 0 radical (unpaired) electrons. The van der Waals surface area contributed by atoms with Crippen LogP contribution in [0.3, 0.4) is 0 Å². The van der Waals surface area contributed by atoms with Crippen LogP contribution in [-0.2, 0) is 16.4 Å². The molecule has 4 aromatic carbocycles. The van der Waals surface area contributed by atoms with Gasteiger partial charge in [-0.2, -0.15) is 23.0 Å². The topological polar surface area (TPSA) is 98.5 Å². The van der Waals surface area contributed by atoms with Crippen LogP contribution in [0.25, 0.3) is 11.0 Å². The average Bonchev–Trinajstić information content (AvgIpc) is 3.37. The van der Waals surface area contributed by atoms with Gasteiger partial charge in [0.25, 0.3) is 10.0 Å². The minimum Gasteiger partial charge on any atom is -0.463 e. The van der Waals surface area contributed by atoms with E-state index in [1.807, 2.05) is 91.9 Å². The Morgan fingerprint density at radius 1 is 0.895 bits per heavy atom. The van der Waals surface area contributed by atoms with Gasteiger partial charge in [-0.3, -0.25) is 0 Å². The zero-order valence-corrected chi connectivity index (χ0v) is 21.6. The molecule has 192 valence electrons. The first-order chi connectivity index (χ1) is 18.5. The number of sulfonamides is 1. The Kier molecular flexibility index (Phi) is 7.46. The van der Waals surface area contributed by atoms with Gasteiger partial charge in [0.2, 0.25) is 6.23 Å². The molecule has 1 heterocycles. The Morgan fingerprint density at radius 3 is 2.29 bits per heavy atom. The van der Waals surface area contributed by atoms with E-state index >= 15 is 0 Å². The molecule has 0 aliphatic heterocycles. The monoisotopic (exact) mass is 525 g/mol. The molecule has 0 saturated carbocycles. The highest BCUT2D eigenvalue weighted by Crippen LogP contribution is 2.24. The number of ether oxygens (including phenoxy) is 1. The highest BCUT2D eigenvalue weighted by Gasteiger charge is 2.25. The van der Waals surface area contributed by atoms with E-state index < -0.39 is 16.3 Å². The summed E-state index contributed by atoms with van der Waals surface area (Å²) in [5.41, 5.74) is 3.93. The third kappa shape index (κ3) is 5.90. The van der Waals surface area contributed by atoms with Gasteiger partial charge >= 0.3 is 0 Å². The van der Waals surface area contributed by atoms with E-state index in [4.69, 9.17) is 4.74 Å². The number of benzene rings is 4. The summed E-state index contributed by atoms with van der Waals surface area (Å²) in [6.07, 6.45) is 0.175. The van der Waals surface area contributed by atoms with Crippen LogP contribution in [0.5, 0.6) is 5.75 Å². The molecule has 5 rings (SSSR count). The smallest absolute Gasteiger partial charge is 0.276 e. The highest BCUT2D eigenvalue weighted by atomic mass is 32.2. The molecule has 9 heteroatoms. The molecule has 1 aromatic heterocycles. The maximum Gasteiger partial charge on any atom is 0.276 e. The summed E-state index contributed by atoms with van der Waals surface area (Å²) in [6, 6.07) is 33.4.